The van der Waals surface area contributed by atoms with Crippen molar-refractivity contribution in [2.45, 2.75) is 36.1 Å². The van der Waals surface area contributed by atoms with Crippen molar-refractivity contribution in [1.82, 2.24) is 4.98 Å². The van der Waals surface area contributed by atoms with Crippen molar-refractivity contribution < 1.29 is 22.7 Å². The minimum Gasteiger partial charge on any atom is -0.469 e. The number of methoxy groups -OCH3 is 1. The number of rotatable bonds is 6. The van der Waals surface area contributed by atoms with E-state index in [2.05, 4.69) is 29.2 Å². The first-order valence-corrected chi connectivity index (χ1v) is 11.5. The minimum atomic E-state index is -4.34. The summed E-state index contributed by atoms with van der Waals surface area (Å²) in [5.41, 5.74) is 2.07. The van der Waals surface area contributed by atoms with Crippen LogP contribution in [-0.2, 0) is 21.5 Å². The standard InChI is InChI=1S/C23H20F3NO2S2/c1-13-20(31-21(27-13)15-3-7-16(8-4-15)23(24,25)26)12-30-17-9-5-14(6-10-17)18-11-19(18)22(28)29-2/h3-10,18-19H,11-12H2,1-2H3/t18?,19-/m1/s1. The van der Waals surface area contributed by atoms with E-state index in [1.165, 1.54) is 30.6 Å². The highest BCUT2D eigenvalue weighted by molar-refractivity contribution is 7.98. The second-order valence-electron chi connectivity index (χ2n) is 7.43. The van der Waals surface area contributed by atoms with Gasteiger partial charge < -0.3 is 4.74 Å². The number of hydrogen-bond acceptors (Lipinski definition) is 5. The number of hydrogen-bond donors (Lipinski definition) is 0. The second-order valence-corrected chi connectivity index (χ2v) is 9.56. The van der Waals surface area contributed by atoms with Crippen LogP contribution in [0.1, 0.15) is 34.0 Å². The molecule has 3 aromatic rings. The third kappa shape index (κ3) is 4.96. The van der Waals surface area contributed by atoms with Crippen LogP contribution in [0.3, 0.4) is 0 Å². The van der Waals surface area contributed by atoms with Gasteiger partial charge in [-0.3, -0.25) is 4.79 Å². The number of esters is 1. The fraction of sp³-hybridized carbons (Fsp3) is 0.304. The Kier molecular flexibility index (Phi) is 6.12. The number of ether oxygens (including phenoxy) is 1. The van der Waals surface area contributed by atoms with Crippen molar-refractivity contribution in [3.05, 3.63) is 70.2 Å². The topological polar surface area (TPSA) is 39.2 Å². The van der Waals surface area contributed by atoms with E-state index in [1.54, 1.807) is 11.8 Å². The maximum atomic E-state index is 12.8. The smallest absolute Gasteiger partial charge is 0.416 e. The number of benzene rings is 2. The first-order chi connectivity index (χ1) is 14.8. The van der Waals surface area contributed by atoms with E-state index in [4.69, 9.17) is 4.74 Å². The van der Waals surface area contributed by atoms with Gasteiger partial charge in [-0.25, -0.2) is 4.98 Å². The highest BCUT2D eigenvalue weighted by atomic mass is 32.2. The van der Waals surface area contributed by atoms with Crippen LogP contribution < -0.4 is 0 Å². The maximum Gasteiger partial charge on any atom is 0.416 e. The summed E-state index contributed by atoms with van der Waals surface area (Å²) >= 11 is 3.19. The summed E-state index contributed by atoms with van der Waals surface area (Å²) in [7, 11) is 1.42. The number of carbonyl (C=O) groups is 1. The van der Waals surface area contributed by atoms with Gasteiger partial charge in [-0.1, -0.05) is 24.3 Å². The molecule has 1 aliphatic rings. The van der Waals surface area contributed by atoms with Gasteiger partial charge in [-0.05, 0) is 49.1 Å². The SMILES string of the molecule is COC(=O)[C@@H]1CC1c1ccc(SCc2sc(-c3ccc(C(F)(F)F)cc3)nc2C)cc1. The summed E-state index contributed by atoms with van der Waals surface area (Å²) in [4.78, 5) is 18.4. The zero-order valence-corrected chi connectivity index (χ0v) is 18.5. The number of carbonyl (C=O) groups excluding carboxylic acids is 1. The molecule has 0 spiro atoms. The lowest BCUT2D eigenvalue weighted by molar-refractivity contribution is -0.142. The fourth-order valence-corrected chi connectivity index (χ4v) is 5.53. The Bertz CT molecular complexity index is 1080. The average molecular weight is 464 g/mol. The van der Waals surface area contributed by atoms with Crippen molar-refractivity contribution >= 4 is 29.1 Å². The molecule has 1 unspecified atom stereocenters. The lowest BCUT2D eigenvalue weighted by atomic mass is 10.1. The molecule has 1 aromatic heterocycles. The Balaban J connectivity index is 1.38. The third-order valence-electron chi connectivity index (χ3n) is 5.32. The van der Waals surface area contributed by atoms with Gasteiger partial charge in [0, 0.05) is 21.1 Å². The quantitative estimate of drug-likeness (QED) is 0.301. The number of alkyl halides is 3. The normalized spacial score (nSPS) is 18.1. The highest BCUT2D eigenvalue weighted by Gasteiger charge is 2.44. The monoisotopic (exact) mass is 463 g/mol. The molecule has 0 saturated heterocycles. The van der Waals surface area contributed by atoms with Crippen LogP contribution in [0.4, 0.5) is 13.2 Å². The lowest BCUT2D eigenvalue weighted by Gasteiger charge is -2.06. The van der Waals surface area contributed by atoms with Crippen LogP contribution in [0.25, 0.3) is 10.6 Å². The van der Waals surface area contributed by atoms with E-state index in [9.17, 15) is 18.0 Å². The lowest BCUT2D eigenvalue weighted by Crippen LogP contribution is -2.03. The Morgan fingerprint density at radius 2 is 1.84 bits per heavy atom. The van der Waals surface area contributed by atoms with Crippen LogP contribution in [0.5, 0.6) is 0 Å². The van der Waals surface area contributed by atoms with E-state index < -0.39 is 11.7 Å². The largest absolute Gasteiger partial charge is 0.469 e. The summed E-state index contributed by atoms with van der Waals surface area (Å²) in [5, 5.41) is 0.722. The van der Waals surface area contributed by atoms with E-state index in [-0.39, 0.29) is 17.8 Å². The van der Waals surface area contributed by atoms with E-state index in [0.29, 0.717) is 5.56 Å². The second kappa shape index (κ2) is 8.67. The molecule has 0 N–H and O–H groups in total. The molecule has 2 atom stereocenters. The highest BCUT2D eigenvalue weighted by Crippen LogP contribution is 2.48. The molecule has 1 aliphatic carbocycles. The van der Waals surface area contributed by atoms with Gasteiger partial charge in [0.15, 0.2) is 0 Å². The van der Waals surface area contributed by atoms with Crippen LogP contribution in [0.15, 0.2) is 53.4 Å². The molecule has 1 heterocycles. The van der Waals surface area contributed by atoms with Crippen LogP contribution in [0, 0.1) is 12.8 Å². The number of aryl methyl sites for hydroxylation is 1. The van der Waals surface area contributed by atoms with Gasteiger partial charge in [0.1, 0.15) is 5.01 Å². The number of nitrogens with zero attached hydrogens (tertiary/aromatic N) is 1. The maximum absolute atomic E-state index is 12.8. The Morgan fingerprint density at radius 3 is 2.45 bits per heavy atom. The number of aromatic nitrogens is 1. The van der Waals surface area contributed by atoms with Gasteiger partial charge in [0.25, 0.3) is 0 Å². The predicted octanol–water partition coefficient (Wildman–Crippen LogP) is 6.71. The molecule has 2 aromatic carbocycles. The first-order valence-electron chi connectivity index (χ1n) is 9.71. The zero-order chi connectivity index (χ0) is 22.2. The van der Waals surface area contributed by atoms with Crippen molar-refractivity contribution in [3.63, 3.8) is 0 Å². The molecule has 0 bridgehead atoms. The fourth-order valence-electron chi connectivity index (χ4n) is 3.42. The van der Waals surface area contributed by atoms with Gasteiger partial charge in [-0.2, -0.15) is 13.2 Å². The third-order valence-corrected chi connectivity index (χ3v) is 7.75. The van der Waals surface area contributed by atoms with Crippen molar-refractivity contribution in [2.24, 2.45) is 5.92 Å². The molecule has 1 saturated carbocycles. The van der Waals surface area contributed by atoms with Crippen molar-refractivity contribution in [2.75, 3.05) is 7.11 Å². The minimum absolute atomic E-state index is 0.0213. The molecule has 4 rings (SSSR count). The molecule has 31 heavy (non-hydrogen) atoms. The summed E-state index contributed by atoms with van der Waals surface area (Å²) in [6.45, 7) is 1.92. The van der Waals surface area contributed by atoms with Gasteiger partial charge in [0.2, 0.25) is 0 Å². The Labute approximate surface area is 186 Å². The first kappa shape index (κ1) is 21.9. The number of thiazole rings is 1. The zero-order valence-electron chi connectivity index (χ0n) is 16.9. The summed E-state index contributed by atoms with van der Waals surface area (Å²) in [6.07, 6.45) is -3.50. The van der Waals surface area contributed by atoms with E-state index in [0.717, 1.165) is 50.3 Å². The molecule has 0 radical (unpaired) electrons. The average Bonchev–Trinajstić information content (AvgIpc) is 3.47. The summed E-state index contributed by atoms with van der Waals surface area (Å²) in [6, 6.07) is 13.3. The molecular formula is C23H20F3NO2S2. The van der Waals surface area contributed by atoms with Gasteiger partial charge in [0.05, 0.1) is 24.3 Å². The van der Waals surface area contributed by atoms with Crippen molar-refractivity contribution in [3.8, 4) is 10.6 Å². The summed E-state index contributed by atoms with van der Waals surface area (Å²) in [5.74, 6) is 0.819. The van der Waals surface area contributed by atoms with Crippen LogP contribution in [0.2, 0.25) is 0 Å². The van der Waals surface area contributed by atoms with E-state index >= 15 is 0 Å². The van der Waals surface area contributed by atoms with Crippen LogP contribution in [-0.4, -0.2) is 18.1 Å². The molecule has 1 fully saturated rings. The molecular weight excluding hydrogens is 443 g/mol. The molecule has 0 amide bonds. The van der Waals surface area contributed by atoms with Gasteiger partial charge in [-0.15, -0.1) is 23.1 Å². The number of thioether (sulfide) groups is 1. The Morgan fingerprint density at radius 1 is 1.16 bits per heavy atom. The molecule has 0 aliphatic heterocycles. The molecule has 162 valence electrons. The van der Waals surface area contributed by atoms with Gasteiger partial charge >= 0.3 is 12.1 Å². The Hall–Kier alpha value is -2.32. The predicted molar refractivity (Wildman–Crippen MR) is 116 cm³/mol. The van der Waals surface area contributed by atoms with E-state index in [1.807, 2.05) is 6.92 Å². The van der Waals surface area contributed by atoms with Crippen LogP contribution >= 0.6 is 23.1 Å². The van der Waals surface area contributed by atoms with Crippen molar-refractivity contribution in [1.29, 1.82) is 0 Å². The number of halogens is 3. The molecule has 3 nitrogen and oxygen atoms in total. The summed E-state index contributed by atoms with van der Waals surface area (Å²) < 4.78 is 43.1. The molecule has 8 heteroatoms.